The van der Waals surface area contributed by atoms with Gasteiger partial charge >= 0.3 is 0 Å². The number of rotatable bonds is 46. The van der Waals surface area contributed by atoms with Crippen molar-refractivity contribution in [1.29, 1.82) is 0 Å². The van der Waals surface area contributed by atoms with Gasteiger partial charge in [-0.15, -0.1) is 0 Å². The van der Waals surface area contributed by atoms with Gasteiger partial charge in [0.1, 0.15) is 13.2 Å². The number of carbonyl (C=O) groups excluding carboxylic acids is 1. The number of phosphoric acid groups is 1. The number of hydrogen-bond acceptors (Lipinski definition) is 6. The Morgan fingerprint density at radius 1 is 0.571 bits per heavy atom. The summed E-state index contributed by atoms with van der Waals surface area (Å²) in [6.07, 6.45) is 60.9. The highest BCUT2D eigenvalue weighted by Crippen LogP contribution is 2.38. The zero-order valence-electron chi connectivity index (χ0n) is 41.5. The summed E-state index contributed by atoms with van der Waals surface area (Å²) in [5, 5.41) is 13.8. The third-order valence-electron chi connectivity index (χ3n) is 11.2. The van der Waals surface area contributed by atoms with Crippen molar-refractivity contribution in [1.82, 2.24) is 5.32 Å². The second-order valence-corrected chi connectivity index (χ2v) is 19.9. The molecule has 0 saturated carbocycles. The van der Waals surface area contributed by atoms with Crippen molar-refractivity contribution in [3.05, 3.63) is 72.9 Å². The fourth-order valence-electron chi connectivity index (χ4n) is 7.12. The average Bonchev–Trinajstić information content (AvgIpc) is 3.24. The summed E-state index contributed by atoms with van der Waals surface area (Å²) in [5.41, 5.74) is 0. The molecular formula is C54H99N2O6P. The number of phosphoric ester groups is 1. The predicted octanol–water partition coefficient (Wildman–Crippen LogP) is 14.5. The summed E-state index contributed by atoms with van der Waals surface area (Å²) in [4.78, 5) is 25.4. The first-order valence-electron chi connectivity index (χ1n) is 25.8. The Bertz CT molecular complexity index is 1250. The Kier molecular flexibility index (Phi) is 43.6. The highest BCUT2D eigenvalue weighted by molar-refractivity contribution is 7.45. The van der Waals surface area contributed by atoms with E-state index in [-0.39, 0.29) is 19.1 Å². The van der Waals surface area contributed by atoms with Gasteiger partial charge in [-0.25, -0.2) is 0 Å². The van der Waals surface area contributed by atoms with E-state index in [2.05, 4.69) is 79.9 Å². The molecule has 0 aromatic carbocycles. The van der Waals surface area contributed by atoms with Crippen LogP contribution in [0, 0.1) is 0 Å². The topological polar surface area (TPSA) is 108 Å². The molecule has 0 radical (unpaired) electrons. The van der Waals surface area contributed by atoms with Gasteiger partial charge in [0, 0.05) is 6.42 Å². The van der Waals surface area contributed by atoms with Gasteiger partial charge in [-0.1, -0.05) is 215 Å². The molecular weight excluding hydrogens is 804 g/mol. The lowest BCUT2D eigenvalue weighted by molar-refractivity contribution is -0.870. The number of unbranched alkanes of at least 4 members (excludes halogenated alkanes) is 23. The Morgan fingerprint density at radius 2 is 0.968 bits per heavy atom. The van der Waals surface area contributed by atoms with Gasteiger partial charge in [-0.2, -0.15) is 0 Å². The third-order valence-corrected chi connectivity index (χ3v) is 12.1. The van der Waals surface area contributed by atoms with Crippen LogP contribution in [-0.2, 0) is 18.4 Å². The van der Waals surface area contributed by atoms with Crippen LogP contribution in [-0.4, -0.2) is 68.5 Å². The number of nitrogens with one attached hydrogen (secondary N) is 1. The van der Waals surface area contributed by atoms with Crippen molar-refractivity contribution >= 4 is 13.7 Å². The van der Waals surface area contributed by atoms with Crippen LogP contribution in [0.2, 0.25) is 0 Å². The highest BCUT2D eigenvalue weighted by Gasteiger charge is 2.23. The van der Waals surface area contributed by atoms with Crippen molar-refractivity contribution in [2.24, 2.45) is 0 Å². The van der Waals surface area contributed by atoms with Gasteiger partial charge in [0.05, 0.1) is 39.9 Å². The number of quaternary nitrogens is 1. The second-order valence-electron chi connectivity index (χ2n) is 18.5. The Balaban J connectivity index is 4.30. The van der Waals surface area contributed by atoms with Gasteiger partial charge in [-0.3, -0.25) is 9.36 Å². The van der Waals surface area contributed by atoms with E-state index in [9.17, 15) is 19.4 Å². The number of hydrogen-bond donors (Lipinski definition) is 2. The third kappa shape index (κ3) is 47.7. The zero-order valence-corrected chi connectivity index (χ0v) is 42.4. The summed E-state index contributed by atoms with van der Waals surface area (Å²) >= 11 is 0. The van der Waals surface area contributed by atoms with Gasteiger partial charge in [0.2, 0.25) is 5.91 Å². The fraction of sp³-hybridized carbons (Fsp3) is 0.759. The van der Waals surface area contributed by atoms with E-state index in [0.29, 0.717) is 17.4 Å². The molecule has 3 unspecified atom stereocenters. The number of aliphatic hydroxyl groups excluding tert-OH is 1. The van der Waals surface area contributed by atoms with Crippen LogP contribution in [0.3, 0.4) is 0 Å². The number of carbonyl (C=O) groups is 1. The number of likely N-dealkylation sites (N-methyl/N-ethyl adjacent to an activating group) is 1. The van der Waals surface area contributed by atoms with E-state index in [1.807, 2.05) is 27.2 Å². The SMILES string of the molecule is CC/C=C\C/C=C\C/C=C\C/C=C\C/C=C\CCCCCCCCCCCC(=O)NC(COP(=O)([O-])OCC[N+](C)(C)C)C(O)/C=C/CCCCCCCCCCCCCCCC. The van der Waals surface area contributed by atoms with Crippen LogP contribution >= 0.6 is 7.82 Å². The minimum atomic E-state index is -4.60. The van der Waals surface area contributed by atoms with E-state index in [4.69, 9.17) is 9.05 Å². The van der Waals surface area contributed by atoms with Crippen LogP contribution < -0.4 is 10.2 Å². The molecule has 0 aliphatic heterocycles. The summed E-state index contributed by atoms with van der Waals surface area (Å²) in [7, 11) is 1.25. The average molecular weight is 903 g/mol. The van der Waals surface area contributed by atoms with E-state index >= 15 is 0 Å². The molecule has 63 heavy (non-hydrogen) atoms. The van der Waals surface area contributed by atoms with Crippen LogP contribution in [0.4, 0.5) is 0 Å². The molecule has 2 N–H and O–H groups in total. The monoisotopic (exact) mass is 903 g/mol. The molecule has 0 rings (SSSR count). The van der Waals surface area contributed by atoms with Crippen molar-refractivity contribution < 1.29 is 32.9 Å². The van der Waals surface area contributed by atoms with E-state index in [0.717, 1.165) is 77.0 Å². The van der Waals surface area contributed by atoms with Crippen LogP contribution in [0.1, 0.15) is 213 Å². The minimum Gasteiger partial charge on any atom is -0.756 e. The second kappa shape index (κ2) is 45.1. The lowest BCUT2D eigenvalue weighted by Crippen LogP contribution is -2.45. The highest BCUT2D eigenvalue weighted by atomic mass is 31.2. The van der Waals surface area contributed by atoms with Crippen molar-refractivity contribution in [3.8, 4) is 0 Å². The minimum absolute atomic E-state index is 0.00520. The van der Waals surface area contributed by atoms with Gasteiger partial charge in [-0.05, 0) is 64.2 Å². The first-order valence-corrected chi connectivity index (χ1v) is 27.3. The number of nitrogens with zero attached hydrogens (tertiary/aromatic N) is 1. The lowest BCUT2D eigenvalue weighted by atomic mass is 10.0. The summed E-state index contributed by atoms with van der Waals surface area (Å²) in [6.45, 7) is 4.53. The summed E-state index contributed by atoms with van der Waals surface area (Å²) in [5.74, 6) is -0.206. The van der Waals surface area contributed by atoms with Gasteiger partial charge < -0.3 is 28.8 Å². The van der Waals surface area contributed by atoms with E-state index < -0.39 is 20.0 Å². The molecule has 0 aliphatic carbocycles. The van der Waals surface area contributed by atoms with E-state index in [1.54, 1.807) is 6.08 Å². The fourth-order valence-corrected chi connectivity index (χ4v) is 7.84. The first kappa shape index (κ1) is 60.9. The molecule has 0 aromatic rings. The van der Waals surface area contributed by atoms with Crippen LogP contribution in [0.25, 0.3) is 0 Å². The number of amides is 1. The van der Waals surface area contributed by atoms with Crippen LogP contribution in [0.5, 0.6) is 0 Å². The molecule has 1 amide bonds. The summed E-state index contributed by atoms with van der Waals surface area (Å²) in [6, 6.07) is -0.893. The standard InChI is InChI=1S/C54H99N2O6P/c1-6-8-10-12-14-16-18-20-22-24-25-26-27-28-29-30-31-32-34-36-38-40-42-44-46-48-54(58)55-52(51-62-63(59,60)61-50-49-56(3,4)5)53(57)47-45-43-41-39-37-35-33-23-21-19-17-15-13-11-9-7-2/h8,10,14,16,20,22,25-26,28-29,45,47,52-53,57H,6-7,9,11-13,15,17-19,21,23-24,27,30-44,46,48-51H2,1-5H3,(H-,55,58,59,60)/b10-8-,16-14-,22-20-,26-25-,29-28-,47-45+. The molecule has 0 bridgehead atoms. The molecule has 0 fully saturated rings. The van der Waals surface area contributed by atoms with Crippen molar-refractivity contribution in [3.63, 3.8) is 0 Å². The summed E-state index contributed by atoms with van der Waals surface area (Å²) < 4.78 is 23.3. The molecule has 0 heterocycles. The Labute approximate surface area is 389 Å². The Morgan fingerprint density at radius 3 is 1.41 bits per heavy atom. The molecule has 8 nitrogen and oxygen atoms in total. The zero-order chi connectivity index (χ0) is 46.4. The number of aliphatic hydroxyl groups is 1. The van der Waals surface area contributed by atoms with Gasteiger partial charge in [0.25, 0.3) is 7.82 Å². The van der Waals surface area contributed by atoms with Crippen LogP contribution in [0.15, 0.2) is 72.9 Å². The maximum atomic E-state index is 12.9. The smallest absolute Gasteiger partial charge is 0.268 e. The maximum Gasteiger partial charge on any atom is 0.268 e. The Hall–Kier alpha value is -2.06. The molecule has 0 saturated heterocycles. The first-order chi connectivity index (χ1) is 30.5. The van der Waals surface area contributed by atoms with E-state index in [1.165, 1.54) is 116 Å². The lowest BCUT2D eigenvalue weighted by Gasteiger charge is -2.29. The molecule has 0 aromatic heterocycles. The number of allylic oxidation sites excluding steroid dienone is 11. The largest absolute Gasteiger partial charge is 0.756 e. The predicted molar refractivity (Wildman–Crippen MR) is 270 cm³/mol. The molecule has 0 aliphatic rings. The molecule has 9 heteroatoms. The maximum absolute atomic E-state index is 12.9. The van der Waals surface area contributed by atoms with Gasteiger partial charge in [0.15, 0.2) is 0 Å². The van der Waals surface area contributed by atoms with Crippen molar-refractivity contribution in [2.75, 3.05) is 40.9 Å². The molecule has 366 valence electrons. The van der Waals surface area contributed by atoms with Crippen molar-refractivity contribution in [2.45, 2.75) is 225 Å². The normalized spacial score (nSPS) is 14.7. The quantitative estimate of drug-likeness (QED) is 0.0273. The molecule has 3 atom stereocenters. The molecule has 0 spiro atoms.